The van der Waals surface area contributed by atoms with Gasteiger partial charge in [-0.05, 0) is 18.2 Å². The van der Waals surface area contributed by atoms with Crippen LogP contribution in [0.15, 0.2) is 29.1 Å². The number of nitrogens with one attached hydrogen (secondary N) is 2. The molecule has 0 aliphatic carbocycles. The minimum Gasteiger partial charge on any atom is -0.334 e. The van der Waals surface area contributed by atoms with Crippen molar-refractivity contribution < 1.29 is 9.18 Å². The summed E-state index contributed by atoms with van der Waals surface area (Å²) in [6.07, 6.45) is 0.592. The smallest absolute Gasteiger partial charge is 0.269 e. The van der Waals surface area contributed by atoms with Crippen LogP contribution in [0.3, 0.4) is 0 Å². The molecule has 0 fully saturated rings. The lowest BCUT2D eigenvalue weighted by atomic mass is 10.1. The van der Waals surface area contributed by atoms with Gasteiger partial charge in [0.1, 0.15) is 5.82 Å². The molecule has 19 heavy (non-hydrogen) atoms. The van der Waals surface area contributed by atoms with Gasteiger partial charge in [-0.25, -0.2) is 4.39 Å². The molecule has 2 heterocycles. The molecule has 1 amide bonds. The second-order valence-electron chi connectivity index (χ2n) is 4.52. The third-order valence-electron chi connectivity index (χ3n) is 3.30. The van der Waals surface area contributed by atoms with Crippen molar-refractivity contribution in [2.75, 3.05) is 6.54 Å². The van der Waals surface area contributed by atoms with E-state index in [0.29, 0.717) is 24.1 Å². The normalized spacial score (nSPS) is 14.3. The molecule has 0 unspecified atom stereocenters. The number of benzene rings is 1. The van der Waals surface area contributed by atoms with E-state index in [2.05, 4.69) is 10.2 Å². The first-order valence-corrected chi connectivity index (χ1v) is 5.98. The molecule has 0 radical (unpaired) electrons. The van der Waals surface area contributed by atoms with E-state index in [4.69, 9.17) is 0 Å². The highest BCUT2D eigenvalue weighted by Gasteiger charge is 2.24. The molecule has 0 bridgehead atoms. The molecule has 3 rings (SSSR count). The molecule has 0 saturated heterocycles. The summed E-state index contributed by atoms with van der Waals surface area (Å²) in [5, 5.41) is 5.31. The monoisotopic (exact) mass is 261 g/mol. The summed E-state index contributed by atoms with van der Waals surface area (Å²) in [4.78, 5) is 25.3. The van der Waals surface area contributed by atoms with Gasteiger partial charge in [0.2, 0.25) is 0 Å². The lowest BCUT2D eigenvalue weighted by Crippen LogP contribution is -2.37. The van der Waals surface area contributed by atoms with E-state index in [9.17, 15) is 14.0 Å². The molecule has 1 aromatic heterocycles. The van der Waals surface area contributed by atoms with Crippen molar-refractivity contribution in [2.24, 2.45) is 0 Å². The maximum Gasteiger partial charge on any atom is 0.269 e. The van der Waals surface area contributed by atoms with E-state index >= 15 is 0 Å². The molecule has 0 atom stereocenters. The van der Waals surface area contributed by atoms with E-state index < -0.39 is 5.82 Å². The first-order valence-electron chi connectivity index (χ1n) is 5.98. The Morgan fingerprint density at radius 1 is 1.32 bits per heavy atom. The van der Waals surface area contributed by atoms with Gasteiger partial charge in [-0.3, -0.25) is 14.7 Å². The zero-order valence-electron chi connectivity index (χ0n) is 10.1. The Labute approximate surface area is 108 Å². The second-order valence-corrected chi connectivity index (χ2v) is 4.52. The van der Waals surface area contributed by atoms with Crippen molar-refractivity contribution in [1.82, 2.24) is 15.1 Å². The van der Waals surface area contributed by atoms with Crippen LogP contribution in [0.4, 0.5) is 4.39 Å². The Hall–Kier alpha value is -2.37. The van der Waals surface area contributed by atoms with E-state index in [1.807, 2.05) is 0 Å². The van der Waals surface area contributed by atoms with Gasteiger partial charge in [0.15, 0.2) is 0 Å². The minimum absolute atomic E-state index is 0.202. The van der Waals surface area contributed by atoms with Crippen molar-refractivity contribution in [3.8, 4) is 0 Å². The van der Waals surface area contributed by atoms with E-state index in [1.54, 1.807) is 11.0 Å². The summed E-state index contributed by atoms with van der Waals surface area (Å²) in [5.74, 6) is -0.700. The number of rotatable bonds is 1. The van der Waals surface area contributed by atoms with Crippen molar-refractivity contribution in [1.29, 1.82) is 0 Å². The van der Waals surface area contributed by atoms with Crippen LogP contribution in [0.2, 0.25) is 0 Å². The minimum atomic E-state index is -0.442. The standard InChI is InChI=1S/C13H12FN3O2/c14-9-3-1-2-8(6-9)13(19)17-5-4-11-10(7-17)12(18)16-15-11/h1-3,6H,4-5,7H2,(H2,15,16,18). The number of halogens is 1. The molecule has 98 valence electrons. The summed E-state index contributed by atoms with van der Waals surface area (Å²) in [7, 11) is 0. The van der Waals surface area contributed by atoms with E-state index in [0.717, 1.165) is 5.69 Å². The number of H-pyrrole nitrogens is 2. The first-order chi connectivity index (χ1) is 9.15. The molecule has 1 aliphatic heterocycles. The summed E-state index contributed by atoms with van der Waals surface area (Å²) < 4.78 is 13.1. The molecule has 1 aliphatic rings. The molecule has 1 aromatic carbocycles. The fourth-order valence-corrected chi connectivity index (χ4v) is 2.29. The maximum atomic E-state index is 13.1. The molecular weight excluding hydrogens is 249 g/mol. The largest absolute Gasteiger partial charge is 0.334 e. The molecular formula is C13H12FN3O2. The quantitative estimate of drug-likeness (QED) is 0.805. The molecule has 0 saturated carbocycles. The van der Waals surface area contributed by atoms with Gasteiger partial charge in [-0.2, -0.15) is 0 Å². The summed E-state index contributed by atoms with van der Waals surface area (Å²) in [5.41, 5.74) is 1.52. The SMILES string of the molecule is O=C(c1cccc(F)c1)N1CCc2[nH][nH]c(=O)c2C1. The number of carbonyl (C=O) groups excluding carboxylic acids is 1. The summed E-state index contributed by atoms with van der Waals surface area (Å²) in [6.45, 7) is 0.764. The Morgan fingerprint density at radius 3 is 2.95 bits per heavy atom. The predicted octanol–water partition coefficient (Wildman–Crippen LogP) is 1.04. The van der Waals surface area contributed by atoms with Gasteiger partial charge >= 0.3 is 0 Å². The molecule has 2 N–H and O–H groups in total. The van der Waals surface area contributed by atoms with Crippen LogP contribution in [0.25, 0.3) is 0 Å². The Bertz CT molecular complexity index is 689. The van der Waals surface area contributed by atoms with Crippen molar-refractivity contribution in [3.05, 3.63) is 57.3 Å². The van der Waals surface area contributed by atoms with Gasteiger partial charge in [0.25, 0.3) is 11.5 Å². The van der Waals surface area contributed by atoms with Crippen LogP contribution in [0.5, 0.6) is 0 Å². The van der Waals surface area contributed by atoms with Crippen LogP contribution < -0.4 is 5.56 Å². The Kier molecular flexibility index (Phi) is 2.70. The van der Waals surface area contributed by atoms with Crippen LogP contribution >= 0.6 is 0 Å². The number of carbonyl (C=O) groups is 1. The fourth-order valence-electron chi connectivity index (χ4n) is 2.29. The van der Waals surface area contributed by atoms with Gasteiger partial charge in [-0.15, -0.1) is 0 Å². The number of fused-ring (bicyclic) bond motifs is 1. The lowest BCUT2D eigenvalue weighted by molar-refractivity contribution is 0.0733. The molecule has 5 nitrogen and oxygen atoms in total. The number of aromatic nitrogens is 2. The average molecular weight is 261 g/mol. The third-order valence-corrected chi connectivity index (χ3v) is 3.30. The van der Waals surface area contributed by atoms with Crippen molar-refractivity contribution in [2.45, 2.75) is 13.0 Å². The molecule has 2 aromatic rings. The third kappa shape index (κ3) is 2.05. The van der Waals surface area contributed by atoms with E-state index in [1.165, 1.54) is 18.2 Å². The number of amides is 1. The van der Waals surface area contributed by atoms with Gasteiger partial charge in [-0.1, -0.05) is 6.07 Å². The summed E-state index contributed by atoms with van der Waals surface area (Å²) in [6, 6.07) is 5.57. The fraction of sp³-hybridized carbons (Fsp3) is 0.231. The highest BCUT2D eigenvalue weighted by molar-refractivity contribution is 5.94. The molecule has 6 heteroatoms. The average Bonchev–Trinajstić information content (AvgIpc) is 2.79. The number of hydrogen-bond donors (Lipinski definition) is 2. The van der Waals surface area contributed by atoms with Gasteiger partial charge in [0.05, 0.1) is 12.1 Å². The Morgan fingerprint density at radius 2 is 2.16 bits per heavy atom. The van der Waals surface area contributed by atoms with Crippen LogP contribution in [0.1, 0.15) is 21.6 Å². The zero-order valence-corrected chi connectivity index (χ0v) is 10.1. The van der Waals surface area contributed by atoms with Crippen LogP contribution in [0, 0.1) is 5.82 Å². The van der Waals surface area contributed by atoms with Gasteiger partial charge < -0.3 is 10.00 Å². The maximum absolute atomic E-state index is 13.1. The zero-order chi connectivity index (χ0) is 13.4. The number of hydrogen-bond acceptors (Lipinski definition) is 2. The van der Waals surface area contributed by atoms with Crippen molar-refractivity contribution >= 4 is 5.91 Å². The lowest BCUT2D eigenvalue weighted by Gasteiger charge is -2.26. The Balaban J connectivity index is 1.87. The topological polar surface area (TPSA) is 69.0 Å². The molecule has 0 spiro atoms. The first kappa shape index (κ1) is 11.7. The van der Waals surface area contributed by atoms with E-state index in [-0.39, 0.29) is 18.0 Å². The van der Waals surface area contributed by atoms with Crippen LogP contribution in [-0.2, 0) is 13.0 Å². The van der Waals surface area contributed by atoms with Gasteiger partial charge in [0, 0.05) is 24.2 Å². The second kappa shape index (κ2) is 4.38. The van der Waals surface area contributed by atoms with Crippen LogP contribution in [-0.4, -0.2) is 27.5 Å². The highest BCUT2D eigenvalue weighted by atomic mass is 19.1. The van der Waals surface area contributed by atoms with Crippen molar-refractivity contribution in [3.63, 3.8) is 0 Å². The predicted molar refractivity (Wildman–Crippen MR) is 66.3 cm³/mol. The highest BCUT2D eigenvalue weighted by Crippen LogP contribution is 2.16. The number of aromatic amines is 2. The number of nitrogens with zero attached hydrogens (tertiary/aromatic N) is 1. The summed E-state index contributed by atoms with van der Waals surface area (Å²) >= 11 is 0.